The number of anilines is 1. The highest BCUT2D eigenvalue weighted by molar-refractivity contribution is 5.39. The van der Waals surface area contributed by atoms with Gasteiger partial charge in [-0.15, -0.1) is 5.10 Å². The van der Waals surface area contributed by atoms with Gasteiger partial charge < -0.3 is 5.73 Å². The van der Waals surface area contributed by atoms with Crippen LogP contribution in [0.3, 0.4) is 0 Å². The molecule has 0 aliphatic carbocycles. The molecule has 1 aromatic heterocycles. The highest BCUT2D eigenvalue weighted by atomic mass is 19.4. The number of aryl methyl sites for hydroxylation is 1. The maximum Gasteiger partial charge on any atom is 0.416 e. The van der Waals surface area contributed by atoms with Gasteiger partial charge in [0.25, 0.3) is 0 Å². The van der Waals surface area contributed by atoms with Crippen molar-refractivity contribution >= 4 is 5.82 Å². The Hall–Kier alpha value is -2.31. The monoisotopic (exact) mass is 283 g/mol. The molecule has 7 heteroatoms. The Morgan fingerprint density at radius 2 is 2.00 bits per heavy atom. The second kappa shape index (κ2) is 4.99. The van der Waals surface area contributed by atoms with Crippen molar-refractivity contribution in [3.05, 3.63) is 51.8 Å². The Bertz CT molecular complexity index is 692. The van der Waals surface area contributed by atoms with Gasteiger partial charge in [0.2, 0.25) is 5.43 Å². The lowest BCUT2D eigenvalue weighted by Gasteiger charge is -2.13. The zero-order chi connectivity index (χ0) is 14.9. The molecule has 0 saturated carbocycles. The van der Waals surface area contributed by atoms with Gasteiger partial charge in [0.1, 0.15) is 0 Å². The fraction of sp³-hybridized carbons (Fsp3) is 0.231. The van der Waals surface area contributed by atoms with E-state index in [0.29, 0.717) is 12.1 Å². The second-order valence-corrected chi connectivity index (χ2v) is 4.20. The van der Waals surface area contributed by atoms with Crippen LogP contribution in [-0.2, 0) is 12.6 Å². The summed E-state index contributed by atoms with van der Waals surface area (Å²) in [4.78, 5) is 11.4. The molecule has 0 bridgehead atoms. The first kappa shape index (κ1) is 14.1. The zero-order valence-electron chi connectivity index (χ0n) is 10.6. The molecule has 0 aliphatic rings. The van der Waals surface area contributed by atoms with Crippen molar-refractivity contribution in [2.24, 2.45) is 0 Å². The van der Waals surface area contributed by atoms with Gasteiger partial charge in [0, 0.05) is 11.8 Å². The maximum absolute atomic E-state index is 12.7. The molecule has 0 radical (unpaired) electrons. The molecule has 1 heterocycles. The van der Waals surface area contributed by atoms with Crippen LogP contribution in [0, 0.1) is 0 Å². The fourth-order valence-corrected chi connectivity index (χ4v) is 1.80. The Morgan fingerprint density at radius 3 is 2.60 bits per heavy atom. The minimum atomic E-state index is -4.44. The van der Waals surface area contributed by atoms with Crippen molar-refractivity contribution in [3.63, 3.8) is 0 Å². The van der Waals surface area contributed by atoms with Crippen LogP contribution in [0.2, 0.25) is 0 Å². The lowest BCUT2D eigenvalue weighted by Crippen LogP contribution is -2.19. The quantitative estimate of drug-likeness (QED) is 0.920. The molecular weight excluding hydrogens is 271 g/mol. The van der Waals surface area contributed by atoms with E-state index in [4.69, 9.17) is 5.73 Å². The van der Waals surface area contributed by atoms with Crippen molar-refractivity contribution in [1.82, 2.24) is 9.78 Å². The molecule has 2 N–H and O–H groups in total. The van der Waals surface area contributed by atoms with E-state index in [1.807, 2.05) is 0 Å². The smallest absolute Gasteiger partial charge is 0.379 e. The predicted molar refractivity (Wildman–Crippen MR) is 68.6 cm³/mol. The Morgan fingerprint density at radius 1 is 1.30 bits per heavy atom. The summed E-state index contributed by atoms with van der Waals surface area (Å²) in [6.45, 7) is 1.77. The Labute approximate surface area is 112 Å². The predicted octanol–water partition coefficient (Wildman–Crippen LogP) is 2.40. The molecule has 2 rings (SSSR count). The first-order valence-corrected chi connectivity index (χ1v) is 5.89. The first-order valence-electron chi connectivity index (χ1n) is 5.89. The third-order valence-corrected chi connectivity index (χ3v) is 2.81. The third kappa shape index (κ3) is 2.66. The number of nitrogens with zero attached hydrogens (tertiary/aromatic N) is 2. The summed E-state index contributed by atoms with van der Waals surface area (Å²) >= 11 is 0. The maximum atomic E-state index is 12.7. The fourth-order valence-electron chi connectivity index (χ4n) is 1.80. The molecule has 0 aliphatic heterocycles. The van der Waals surface area contributed by atoms with Crippen LogP contribution in [-0.4, -0.2) is 9.78 Å². The summed E-state index contributed by atoms with van der Waals surface area (Å²) in [6, 6.07) is 5.98. The lowest BCUT2D eigenvalue weighted by atomic mass is 10.2. The molecule has 4 nitrogen and oxygen atoms in total. The number of alkyl halides is 3. The van der Waals surface area contributed by atoms with Gasteiger partial charge in [-0.25, -0.2) is 4.68 Å². The third-order valence-electron chi connectivity index (χ3n) is 2.81. The van der Waals surface area contributed by atoms with Crippen molar-refractivity contribution in [1.29, 1.82) is 0 Å². The van der Waals surface area contributed by atoms with Crippen LogP contribution in [0.1, 0.15) is 18.2 Å². The van der Waals surface area contributed by atoms with Crippen molar-refractivity contribution in [2.45, 2.75) is 19.5 Å². The van der Waals surface area contributed by atoms with Crippen LogP contribution in [0.15, 0.2) is 35.1 Å². The number of rotatable bonds is 2. The molecule has 0 saturated heterocycles. The summed E-state index contributed by atoms with van der Waals surface area (Å²) in [7, 11) is 0. The van der Waals surface area contributed by atoms with Crippen LogP contribution in [0.5, 0.6) is 0 Å². The van der Waals surface area contributed by atoms with E-state index in [0.717, 1.165) is 12.1 Å². The van der Waals surface area contributed by atoms with Gasteiger partial charge in [-0.3, -0.25) is 4.79 Å². The van der Waals surface area contributed by atoms with Crippen LogP contribution in [0.4, 0.5) is 19.0 Å². The topological polar surface area (TPSA) is 60.9 Å². The highest BCUT2D eigenvalue weighted by Crippen LogP contribution is 2.30. The summed E-state index contributed by atoms with van der Waals surface area (Å²) < 4.78 is 39.4. The number of halogens is 3. The molecule has 0 unspecified atom stereocenters. The largest absolute Gasteiger partial charge is 0.416 e. The van der Waals surface area contributed by atoms with Crippen molar-refractivity contribution < 1.29 is 13.2 Å². The molecule has 2 aromatic rings. The number of nitrogens with two attached hydrogens (primary N) is 1. The van der Waals surface area contributed by atoms with E-state index in [1.165, 1.54) is 22.9 Å². The molecule has 1 aromatic carbocycles. The lowest BCUT2D eigenvalue weighted by molar-refractivity contribution is -0.137. The van der Waals surface area contributed by atoms with Gasteiger partial charge in [-0.1, -0.05) is 13.0 Å². The Kier molecular flexibility index (Phi) is 3.52. The Balaban J connectivity index is 2.63. The van der Waals surface area contributed by atoms with Crippen molar-refractivity contribution in [3.8, 4) is 5.69 Å². The zero-order valence-corrected chi connectivity index (χ0v) is 10.6. The van der Waals surface area contributed by atoms with Gasteiger partial charge in [0.05, 0.1) is 11.3 Å². The summed E-state index contributed by atoms with van der Waals surface area (Å²) in [5.74, 6) is -0.250. The number of hydrogen-bond acceptors (Lipinski definition) is 3. The van der Waals surface area contributed by atoms with Crippen LogP contribution >= 0.6 is 0 Å². The molecule has 20 heavy (non-hydrogen) atoms. The molecule has 0 spiro atoms. The number of hydrogen-bond donors (Lipinski definition) is 1. The molecule has 0 amide bonds. The highest BCUT2D eigenvalue weighted by Gasteiger charge is 2.30. The van der Waals surface area contributed by atoms with Gasteiger partial charge in [0.15, 0.2) is 5.82 Å². The van der Waals surface area contributed by atoms with E-state index in [-0.39, 0.29) is 11.5 Å². The summed E-state index contributed by atoms with van der Waals surface area (Å²) in [5.41, 5.74) is 4.92. The molecule has 106 valence electrons. The average molecular weight is 283 g/mol. The average Bonchev–Trinajstić information content (AvgIpc) is 2.40. The molecule has 0 fully saturated rings. The minimum Gasteiger partial charge on any atom is -0.379 e. The van der Waals surface area contributed by atoms with E-state index in [9.17, 15) is 18.0 Å². The van der Waals surface area contributed by atoms with E-state index in [2.05, 4.69) is 5.10 Å². The number of benzene rings is 1. The minimum absolute atomic E-state index is 0.211. The van der Waals surface area contributed by atoms with Gasteiger partial charge >= 0.3 is 6.18 Å². The van der Waals surface area contributed by atoms with E-state index in [1.54, 1.807) is 6.92 Å². The van der Waals surface area contributed by atoms with Gasteiger partial charge in [-0.2, -0.15) is 13.2 Å². The van der Waals surface area contributed by atoms with E-state index < -0.39 is 17.2 Å². The first-order chi connectivity index (χ1) is 9.32. The van der Waals surface area contributed by atoms with Crippen molar-refractivity contribution in [2.75, 3.05) is 5.73 Å². The SMILES string of the molecule is CCc1cc(=O)c(N)nn1-c1cccc(C(F)(F)F)c1. The second-order valence-electron chi connectivity index (χ2n) is 4.20. The van der Waals surface area contributed by atoms with E-state index >= 15 is 0 Å². The van der Waals surface area contributed by atoms with Crippen LogP contribution < -0.4 is 11.2 Å². The molecule has 0 atom stereocenters. The number of nitrogen functional groups attached to an aromatic ring is 1. The summed E-state index contributed by atoms with van der Waals surface area (Å²) in [6.07, 6.45) is -3.99. The normalized spacial score (nSPS) is 11.6. The molecular formula is C13H12F3N3O. The standard InChI is InChI=1S/C13H12F3N3O/c1-2-9-7-11(20)12(17)18-19(9)10-5-3-4-8(6-10)13(14,15)16/h3-7H,2H2,1H3,(H2,17,18). The summed E-state index contributed by atoms with van der Waals surface area (Å²) in [5, 5.41) is 3.85. The van der Waals surface area contributed by atoms with Crippen LogP contribution in [0.25, 0.3) is 5.69 Å². The number of aromatic nitrogens is 2. The van der Waals surface area contributed by atoms with Gasteiger partial charge in [-0.05, 0) is 24.6 Å².